The van der Waals surface area contributed by atoms with Gasteiger partial charge in [-0.2, -0.15) is 13.2 Å². The number of aromatic nitrogens is 3. The summed E-state index contributed by atoms with van der Waals surface area (Å²) in [5.74, 6) is 0.117. The van der Waals surface area contributed by atoms with Crippen LogP contribution >= 0.6 is 0 Å². The van der Waals surface area contributed by atoms with Gasteiger partial charge < -0.3 is 10.2 Å². The molecule has 6 nitrogen and oxygen atoms in total. The first-order valence-corrected chi connectivity index (χ1v) is 7.19. The second-order valence-corrected chi connectivity index (χ2v) is 5.49. The van der Waals surface area contributed by atoms with Crippen molar-refractivity contribution in [3.05, 3.63) is 47.9 Å². The van der Waals surface area contributed by atoms with Gasteiger partial charge in [-0.05, 0) is 23.8 Å². The van der Waals surface area contributed by atoms with Crippen molar-refractivity contribution >= 4 is 11.7 Å². The summed E-state index contributed by atoms with van der Waals surface area (Å²) in [4.78, 5) is 17.7. The molecule has 1 amide bonds. The van der Waals surface area contributed by atoms with Gasteiger partial charge in [0.15, 0.2) is 5.69 Å². The van der Waals surface area contributed by atoms with Crippen LogP contribution in [0.2, 0.25) is 0 Å². The van der Waals surface area contributed by atoms with Crippen molar-refractivity contribution in [2.45, 2.75) is 24.7 Å². The van der Waals surface area contributed by atoms with E-state index < -0.39 is 11.9 Å². The van der Waals surface area contributed by atoms with Crippen LogP contribution in [0, 0.1) is 0 Å². The maximum absolute atomic E-state index is 12.5. The number of anilines is 1. The molecule has 0 saturated carbocycles. The first-order chi connectivity index (χ1) is 11.4. The minimum absolute atomic E-state index is 0.0683. The molecule has 1 aliphatic rings. The third-order valence-electron chi connectivity index (χ3n) is 3.90. The van der Waals surface area contributed by atoms with Crippen molar-refractivity contribution in [1.29, 1.82) is 0 Å². The van der Waals surface area contributed by atoms with Crippen LogP contribution in [0.25, 0.3) is 0 Å². The minimum Gasteiger partial charge on any atom is -0.363 e. The second kappa shape index (κ2) is 6.06. The summed E-state index contributed by atoms with van der Waals surface area (Å²) in [5.41, 5.74) is -0.223. The van der Waals surface area contributed by atoms with E-state index >= 15 is 0 Å². The minimum atomic E-state index is -4.53. The Balaban J connectivity index is 1.81. The van der Waals surface area contributed by atoms with Crippen LogP contribution in [0.15, 0.2) is 36.7 Å². The van der Waals surface area contributed by atoms with Gasteiger partial charge in [0, 0.05) is 25.9 Å². The zero-order valence-corrected chi connectivity index (χ0v) is 12.7. The number of nitrogens with one attached hydrogen (secondary N) is 1. The van der Waals surface area contributed by atoms with Crippen molar-refractivity contribution in [1.82, 2.24) is 20.1 Å². The molecule has 1 aliphatic heterocycles. The normalized spacial score (nSPS) is 21.2. The summed E-state index contributed by atoms with van der Waals surface area (Å²) >= 11 is 0. The Bertz CT molecular complexity index is 720. The Morgan fingerprint density at radius 2 is 2.04 bits per heavy atom. The molecule has 2 aromatic heterocycles. The molecule has 1 N–H and O–H groups in total. The smallest absolute Gasteiger partial charge is 0.363 e. The molecule has 9 heteroatoms. The summed E-state index contributed by atoms with van der Waals surface area (Å²) in [7, 11) is 1.68. The number of carbonyl (C=O) groups is 1. The molecule has 2 aromatic rings. The van der Waals surface area contributed by atoms with E-state index in [1.807, 2.05) is 6.07 Å². The summed E-state index contributed by atoms with van der Waals surface area (Å²) in [6.07, 6.45) is -1.04. The monoisotopic (exact) mass is 337 g/mol. The molecule has 0 unspecified atom stereocenters. The Hall–Kier alpha value is -2.71. The Kier molecular flexibility index (Phi) is 4.08. The lowest BCUT2D eigenvalue weighted by Gasteiger charge is -2.25. The number of pyridine rings is 1. The lowest BCUT2D eigenvalue weighted by molar-refractivity contribution is -0.141. The molecule has 3 rings (SSSR count). The van der Waals surface area contributed by atoms with Crippen LogP contribution in [0.3, 0.4) is 0 Å². The molecule has 0 bridgehead atoms. The first-order valence-electron chi connectivity index (χ1n) is 7.19. The van der Waals surface area contributed by atoms with Gasteiger partial charge in [0.05, 0.1) is 12.1 Å². The van der Waals surface area contributed by atoms with E-state index in [1.165, 1.54) is 6.07 Å². The van der Waals surface area contributed by atoms with Gasteiger partial charge >= 0.3 is 6.18 Å². The van der Waals surface area contributed by atoms with Crippen LogP contribution in [0.4, 0.5) is 19.0 Å². The first kappa shape index (κ1) is 16.2. The number of amides is 1. The highest BCUT2D eigenvalue weighted by atomic mass is 19.4. The van der Waals surface area contributed by atoms with Crippen molar-refractivity contribution < 1.29 is 18.0 Å². The van der Waals surface area contributed by atoms with E-state index in [1.54, 1.807) is 30.4 Å². The standard InChI is InChI=1S/C15H14F3N5O/c1-23-13(24)7-10(14(23)9-3-2-6-19-8-9)20-12-5-4-11(21-22-12)15(16,17)18/h2-6,8,10,14H,7H2,1H3,(H,20,22)/t10-,14+/m1/s1. The topological polar surface area (TPSA) is 71.0 Å². The van der Waals surface area contributed by atoms with Gasteiger partial charge in [0.2, 0.25) is 5.91 Å². The highest BCUT2D eigenvalue weighted by Gasteiger charge is 2.39. The van der Waals surface area contributed by atoms with Gasteiger partial charge in [-0.25, -0.2) is 0 Å². The van der Waals surface area contributed by atoms with E-state index in [-0.39, 0.29) is 30.2 Å². The zero-order valence-electron chi connectivity index (χ0n) is 12.7. The summed E-state index contributed by atoms with van der Waals surface area (Å²) in [5, 5.41) is 9.74. The van der Waals surface area contributed by atoms with E-state index in [9.17, 15) is 18.0 Å². The van der Waals surface area contributed by atoms with Gasteiger partial charge in [-0.3, -0.25) is 9.78 Å². The van der Waals surface area contributed by atoms with Crippen molar-refractivity contribution in [2.75, 3.05) is 12.4 Å². The molecule has 24 heavy (non-hydrogen) atoms. The predicted octanol–water partition coefficient (Wildman–Crippen LogP) is 2.27. The van der Waals surface area contributed by atoms with Gasteiger partial charge in [-0.1, -0.05) is 6.07 Å². The molecule has 2 atom stereocenters. The van der Waals surface area contributed by atoms with E-state index in [0.29, 0.717) is 0 Å². The molecule has 126 valence electrons. The summed E-state index contributed by atoms with van der Waals surface area (Å²) in [6.45, 7) is 0. The van der Waals surface area contributed by atoms with Crippen molar-refractivity contribution in [3.63, 3.8) is 0 Å². The molecule has 1 saturated heterocycles. The van der Waals surface area contributed by atoms with Crippen LogP contribution in [-0.2, 0) is 11.0 Å². The molecule has 0 aliphatic carbocycles. The number of carbonyl (C=O) groups excluding carboxylic acids is 1. The number of likely N-dealkylation sites (tertiary alicyclic amines) is 1. The zero-order chi connectivity index (χ0) is 17.3. The maximum Gasteiger partial charge on any atom is 0.435 e. The maximum atomic E-state index is 12.5. The second-order valence-electron chi connectivity index (χ2n) is 5.49. The van der Waals surface area contributed by atoms with Crippen LogP contribution in [-0.4, -0.2) is 39.1 Å². The molecule has 0 aromatic carbocycles. The lowest BCUT2D eigenvalue weighted by Crippen LogP contribution is -2.30. The average Bonchev–Trinajstić information content (AvgIpc) is 2.82. The van der Waals surface area contributed by atoms with E-state index in [0.717, 1.165) is 11.6 Å². The quantitative estimate of drug-likeness (QED) is 0.930. The molecule has 0 radical (unpaired) electrons. The molecule has 1 fully saturated rings. The fraction of sp³-hybridized carbons (Fsp3) is 0.333. The largest absolute Gasteiger partial charge is 0.435 e. The number of alkyl halides is 3. The van der Waals surface area contributed by atoms with Crippen LogP contribution < -0.4 is 5.32 Å². The van der Waals surface area contributed by atoms with E-state index in [4.69, 9.17) is 0 Å². The number of rotatable bonds is 3. The fourth-order valence-corrected chi connectivity index (χ4v) is 2.76. The Labute approximate surface area is 135 Å². The van der Waals surface area contributed by atoms with Gasteiger partial charge in [-0.15, -0.1) is 10.2 Å². The van der Waals surface area contributed by atoms with Crippen molar-refractivity contribution in [3.8, 4) is 0 Å². The Morgan fingerprint density at radius 1 is 1.25 bits per heavy atom. The number of halogens is 3. The highest BCUT2D eigenvalue weighted by Crippen LogP contribution is 2.33. The summed E-state index contributed by atoms with van der Waals surface area (Å²) < 4.78 is 37.6. The highest BCUT2D eigenvalue weighted by molar-refractivity contribution is 5.80. The van der Waals surface area contributed by atoms with Crippen LogP contribution in [0.1, 0.15) is 23.7 Å². The lowest BCUT2D eigenvalue weighted by atomic mass is 10.0. The number of hydrogen-bond donors (Lipinski definition) is 1. The molecular weight excluding hydrogens is 323 g/mol. The van der Waals surface area contributed by atoms with Crippen LogP contribution in [0.5, 0.6) is 0 Å². The number of nitrogens with zero attached hydrogens (tertiary/aromatic N) is 4. The molecule has 0 spiro atoms. The fourth-order valence-electron chi connectivity index (χ4n) is 2.76. The van der Waals surface area contributed by atoms with E-state index in [2.05, 4.69) is 20.5 Å². The van der Waals surface area contributed by atoms with Gasteiger partial charge in [0.25, 0.3) is 0 Å². The number of likely N-dealkylation sites (N-methyl/N-ethyl adjacent to an activating group) is 1. The number of hydrogen-bond acceptors (Lipinski definition) is 5. The third-order valence-corrected chi connectivity index (χ3v) is 3.90. The molecule has 3 heterocycles. The van der Waals surface area contributed by atoms with Gasteiger partial charge in [0.1, 0.15) is 5.82 Å². The molecular formula is C15H14F3N5O. The predicted molar refractivity (Wildman–Crippen MR) is 78.8 cm³/mol. The third kappa shape index (κ3) is 3.15. The van der Waals surface area contributed by atoms with Crippen molar-refractivity contribution in [2.24, 2.45) is 0 Å². The SMILES string of the molecule is CN1C(=O)C[C@@H](Nc2ccc(C(F)(F)F)nn2)[C@@H]1c1cccnc1. The Morgan fingerprint density at radius 3 is 2.62 bits per heavy atom. The summed E-state index contributed by atoms with van der Waals surface area (Å²) in [6, 6.07) is 5.06. The average molecular weight is 337 g/mol.